The molecule has 0 bridgehead atoms. The molecule has 0 aromatic rings. The van der Waals surface area contributed by atoms with Crippen molar-refractivity contribution in [2.24, 2.45) is 0 Å². The van der Waals surface area contributed by atoms with Gasteiger partial charge in [-0.2, -0.15) is 23.5 Å². The summed E-state index contributed by atoms with van der Waals surface area (Å²) in [4.78, 5) is 36.7. The predicted octanol–water partition coefficient (Wildman–Crippen LogP) is 2.08. The molecule has 0 aliphatic carbocycles. The second-order valence-corrected chi connectivity index (χ2v) is 12.1. The molecule has 2 heterocycles. The Kier molecular flexibility index (Phi) is 17.9. The molecule has 0 spiro atoms. The van der Waals surface area contributed by atoms with Gasteiger partial charge in [-0.1, -0.05) is 0 Å². The number of nitrogens with zero attached hydrogens (tertiary/aromatic N) is 1. The number of carbonyl (C=O) groups is 3. The molecule has 212 valence electrons. The largest absolute Gasteiger partial charge is 0.468 e. The van der Waals surface area contributed by atoms with Crippen LogP contribution in [-0.4, -0.2) is 113 Å². The summed E-state index contributed by atoms with van der Waals surface area (Å²) < 4.78 is 14.8. The number of aliphatic hydroxyl groups excluding tert-OH is 2. The number of aliphatic hydroxyl groups is 2. The Morgan fingerprint density at radius 1 is 0.944 bits per heavy atom. The second-order valence-electron chi connectivity index (χ2n) is 9.27. The van der Waals surface area contributed by atoms with E-state index in [0.717, 1.165) is 30.9 Å². The van der Waals surface area contributed by atoms with Gasteiger partial charge in [0.05, 0.1) is 14.2 Å². The first-order valence-electron chi connectivity index (χ1n) is 11.9. The van der Waals surface area contributed by atoms with Crippen LogP contribution in [0.4, 0.5) is 4.79 Å². The van der Waals surface area contributed by atoms with Gasteiger partial charge in [0.25, 0.3) is 0 Å². The summed E-state index contributed by atoms with van der Waals surface area (Å²) in [6, 6.07) is -0.719. The van der Waals surface area contributed by atoms with Gasteiger partial charge in [0.1, 0.15) is 17.7 Å². The first-order valence-corrected chi connectivity index (χ1v) is 14.0. The fraction of sp³-hybridized carbons (Fsp3) is 0.870. The van der Waals surface area contributed by atoms with Crippen LogP contribution < -0.4 is 5.32 Å². The van der Waals surface area contributed by atoms with Crippen molar-refractivity contribution in [1.82, 2.24) is 10.2 Å². The average Bonchev–Trinajstić information content (AvgIpc) is 3.45. The Morgan fingerprint density at radius 3 is 2.00 bits per heavy atom. The zero-order valence-electron chi connectivity index (χ0n) is 21.9. The number of hydrogen-bond donors (Lipinski definition) is 3. The summed E-state index contributed by atoms with van der Waals surface area (Å²) in [7, 11) is 2.73. The third-order valence-electron chi connectivity index (χ3n) is 5.25. The number of ether oxygens (including phenoxy) is 3. The first kappa shape index (κ1) is 35.1. The molecule has 2 saturated heterocycles. The molecular weight excluding hydrogens is 532 g/mol. The third kappa shape index (κ3) is 13.0. The normalized spacial score (nSPS) is 23.2. The first-order chi connectivity index (χ1) is 16.6. The summed E-state index contributed by atoms with van der Waals surface area (Å²) in [5.41, 5.74) is -0.597. The van der Waals surface area contributed by atoms with Gasteiger partial charge in [-0.05, 0) is 58.0 Å². The highest BCUT2D eigenvalue weighted by atomic mass is 35.5. The molecule has 0 aromatic heterocycles. The van der Waals surface area contributed by atoms with Gasteiger partial charge in [-0.25, -0.2) is 9.59 Å². The lowest BCUT2D eigenvalue weighted by molar-refractivity contribution is -0.145. The van der Waals surface area contributed by atoms with Gasteiger partial charge in [-0.3, -0.25) is 9.69 Å². The fourth-order valence-electron chi connectivity index (χ4n) is 3.58. The van der Waals surface area contributed by atoms with E-state index in [-0.39, 0.29) is 42.9 Å². The molecule has 0 unspecified atom stereocenters. The summed E-state index contributed by atoms with van der Waals surface area (Å²) in [5.74, 6) is 1.18. The zero-order valence-corrected chi connectivity index (χ0v) is 24.3. The van der Waals surface area contributed by atoms with Crippen LogP contribution in [0.25, 0.3) is 0 Å². The van der Waals surface area contributed by atoms with Crippen LogP contribution in [-0.2, 0) is 23.8 Å². The maximum Gasteiger partial charge on any atom is 0.411 e. The van der Waals surface area contributed by atoms with Gasteiger partial charge in [0, 0.05) is 36.8 Å². The van der Waals surface area contributed by atoms with Crippen molar-refractivity contribution < 1.29 is 38.8 Å². The van der Waals surface area contributed by atoms with E-state index < -0.39 is 23.7 Å². The number of esters is 2. The number of thioether (sulfide) groups is 2. The molecule has 13 heteroatoms. The minimum absolute atomic E-state index is 0. The van der Waals surface area contributed by atoms with Crippen molar-refractivity contribution in [2.75, 3.05) is 52.0 Å². The Morgan fingerprint density at radius 2 is 1.50 bits per heavy atom. The smallest absolute Gasteiger partial charge is 0.411 e. The number of hydrogen-bond acceptors (Lipinski definition) is 11. The van der Waals surface area contributed by atoms with Gasteiger partial charge in [0.15, 0.2) is 0 Å². The lowest BCUT2D eigenvalue weighted by atomic mass is 10.2. The van der Waals surface area contributed by atoms with E-state index in [1.54, 1.807) is 32.5 Å². The highest BCUT2D eigenvalue weighted by Gasteiger charge is 2.42. The lowest BCUT2D eigenvalue weighted by Gasteiger charge is -2.27. The maximum atomic E-state index is 12.2. The Labute approximate surface area is 229 Å². The Balaban J connectivity index is 0.000000713. The van der Waals surface area contributed by atoms with Crippen LogP contribution in [0.15, 0.2) is 0 Å². The summed E-state index contributed by atoms with van der Waals surface area (Å²) in [6.45, 7) is 7.09. The van der Waals surface area contributed by atoms with Crippen molar-refractivity contribution >= 4 is 54.0 Å². The Bertz CT molecular complexity index is 669. The highest BCUT2D eigenvalue weighted by Crippen LogP contribution is 2.30. The molecule has 2 fully saturated rings. The number of amides is 1. The second kappa shape index (κ2) is 18.4. The van der Waals surface area contributed by atoms with E-state index in [9.17, 15) is 14.4 Å². The van der Waals surface area contributed by atoms with Crippen molar-refractivity contribution in [1.29, 1.82) is 0 Å². The molecule has 1 amide bonds. The van der Waals surface area contributed by atoms with Crippen LogP contribution in [0.2, 0.25) is 0 Å². The molecule has 3 N–H and O–H groups in total. The van der Waals surface area contributed by atoms with E-state index in [1.165, 1.54) is 19.1 Å². The Hall–Kier alpha value is -0.920. The zero-order chi connectivity index (χ0) is 26.4. The van der Waals surface area contributed by atoms with Crippen molar-refractivity contribution in [3.8, 4) is 0 Å². The van der Waals surface area contributed by atoms with E-state index in [2.05, 4.69) is 10.1 Å². The fourth-order valence-corrected chi connectivity index (χ4v) is 5.97. The van der Waals surface area contributed by atoms with E-state index >= 15 is 0 Å². The number of likely N-dealkylation sites (tertiary alicyclic amines) is 1. The minimum Gasteiger partial charge on any atom is -0.468 e. The number of nitrogens with one attached hydrogen (secondary N) is 1. The monoisotopic (exact) mass is 574 g/mol. The van der Waals surface area contributed by atoms with Crippen LogP contribution in [0.1, 0.15) is 46.5 Å². The predicted molar refractivity (Wildman–Crippen MR) is 145 cm³/mol. The molecule has 0 aromatic carbocycles. The van der Waals surface area contributed by atoms with Crippen molar-refractivity contribution in [3.05, 3.63) is 0 Å². The summed E-state index contributed by atoms with van der Waals surface area (Å²) in [5, 5.41) is 21.2. The molecule has 10 nitrogen and oxygen atoms in total. The summed E-state index contributed by atoms with van der Waals surface area (Å²) in [6.07, 6.45) is 2.44. The average molecular weight is 575 g/mol. The quantitative estimate of drug-likeness (QED) is 0.201. The summed E-state index contributed by atoms with van der Waals surface area (Å²) >= 11 is 3.47. The highest BCUT2D eigenvalue weighted by molar-refractivity contribution is 8.00. The SMILES string of the molecule is COC(=O)[C@H]1C[C@@H](SCCCO)CN1.COC(=O)[C@H]1C[C@@H](SCCCO)CN1C(=O)OC(C)(C)C.Cl. The van der Waals surface area contributed by atoms with Gasteiger partial charge in [-0.15, -0.1) is 12.4 Å². The molecule has 36 heavy (non-hydrogen) atoms. The van der Waals surface area contributed by atoms with E-state index in [0.29, 0.717) is 24.6 Å². The van der Waals surface area contributed by atoms with Crippen molar-refractivity contribution in [2.45, 2.75) is 74.6 Å². The number of halogens is 1. The molecule has 0 radical (unpaired) electrons. The van der Waals surface area contributed by atoms with E-state index in [1.807, 2.05) is 11.8 Å². The molecule has 0 saturated carbocycles. The standard InChI is InChI=1S/C14H25NO5S.C9H17NO3S.ClH/c1-14(2,3)20-13(18)15-9-10(21-7-5-6-16)8-11(15)12(17)19-4;1-13-9(12)8-5-7(6-10-8)14-4-2-3-11;/h10-11,16H,5-9H2,1-4H3;7-8,10-11H,2-6H2,1H3;1H/t10-,11-;7-,8-;/m11./s1. The third-order valence-corrected chi connectivity index (χ3v) is 7.94. The molecule has 2 aliphatic rings. The molecular formula is C23H43ClN2O8S2. The molecule has 2 aliphatic heterocycles. The minimum atomic E-state index is -0.597. The van der Waals surface area contributed by atoms with Crippen molar-refractivity contribution in [3.63, 3.8) is 0 Å². The van der Waals surface area contributed by atoms with E-state index in [4.69, 9.17) is 19.7 Å². The topological polar surface area (TPSA) is 135 Å². The van der Waals surface area contributed by atoms with Crippen LogP contribution in [0.5, 0.6) is 0 Å². The number of carbonyl (C=O) groups excluding carboxylic acids is 3. The molecule has 4 atom stereocenters. The lowest BCUT2D eigenvalue weighted by Crippen LogP contribution is -2.43. The maximum absolute atomic E-state index is 12.2. The van der Waals surface area contributed by atoms with Crippen LogP contribution in [0.3, 0.4) is 0 Å². The van der Waals surface area contributed by atoms with Gasteiger partial charge < -0.3 is 29.7 Å². The number of rotatable bonds is 10. The molecule has 2 rings (SSSR count). The van der Waals surface area contributed by atoms with Gasteiger partial charge >= 0.3 is 18.0 Å². The van der Waals surface area contributed by atoms with Crippen LogP contribution in [0, 0.1) is 0 Å². The number of methoxy groups -OCH3 is 2. The van der Waals surface area contributed by atoms with Gasteiger partial charge in [0.2, 0.25) is 0 Å². The van der Waals surface area contributed by atoms with Crippen LogP contribution >= 0.6 is 35.9 Å².